The molecule has 5 heteroatoms. The predicted octanol–water partition coefficient (Wildman–Crippen LogP) is 1.71. The second-order valence-electron chi connectivity index (χ2n) is 5.42. The van der Waals surface area contributed by atoms with E-state index in [0.29, 0.717) is 0 Å². The molecule has 0 amide bonds. The zero-order chi connectivity index (χ0) is 13.5. The van der Waals surface area contributed by atoms with Gasteiger partial charge in [-0.3, -0.25) is 0 Å². The van der Waals surface area contributed by atoms with Crippen molar-refractivity contribution in [3.8, 4) is 0 Å². The molecular formula is C14H20N4O. The monoisotopic (exact) mass is 260 g/mol. The van der Waals surface area contributed by atoms with Crippen molar-refractivity contribution in [1.29, 1.82) is 0 Å². The summed E-state index contributed by atoms with van der Waals surface area (Å²) in [6.45, 7) is 3.73. The first-order valence-corrected chi connectivity index (χ1v) is 6.86. The number of hydrogen-bond donors (Lipinski definition) is 1. The second kappa shape index (κ2) is 4.49. The van der Waals surface area contributed by atoms with Crippen molar-refractivity contribution in [2.24, 2.45) is 7.05 Å². The van der Waals surface area contributed by atoms with Crippen LogP contribution < -0.4 is 4.90 Å². The van der Waals surface area contributed by atoms with E-state index in [-0.39, 0.29) is 0 Å². The number of aliphatic hydroxyl groups is 1. The molecule has 2 aromatic heterocycles. The van der Waals surface area contributed by atoms with Gasteiger partial charge in [-0.2, -0.15) is 0 Å². The summed E-state index contributed by atoms with van der Waals surface area (Å²) in [6, 6.07) is 1.98. The van der Waals surface area contributed by atoms with Crippen molar-refractivity contribution in [1.82, 2.24) is 14.5 Å². The van der Waals surface area contributed by atoms with Crippen LogP contribution in [-0.4, -0.2) is 38.3 Å². The number of rotatable bonds is 2. The van der Waals surface area contributed by atoms with Gasteiger partial charge < -0.3 is 14.6 Å². The average Bonchev–Trinajstić information content (AvgIpc) is 2.82. The van der Waals surface area contributed by atoms with Gasteiger partial charge in [-0.25, -0.2) is 9.97 Å². The third kappa shape index (κ3) is 2.08. The highest BCUT2D eigenvalue weighted by Gasteiger charge is 2.31. The Morgan fingerprint density at radius 3 is 2.74 bits per heavy atom. The van der Waals surface area contributed by atoms with E-state index in [1.807, 2.05) is 37.1 Å². The van der Waals surface area contributed by atoms with Gasteiger partial charge in [0.25, 0.3) is 0 Å². The summed E-state index contributed by atoms with van der Waals surface area (Å²) in [7, 11) is 1.99. The lowest BCUT2D eigenvalue weighted by atomic mass is 9.89. The Bertz CT molecular complexity index is 584. The number of hydrogen-bond acceptors (Lipinski definition) is 4. The Morgan fingerprint density at radius 1 is 1.32 bits per heavy atom. The van der Waals surface area contributed by atoms with Crippen LogP contribution in [0.3, 0.4) is 0 Å². The van der Waals surface area contributed by atoms with Crippen molar-refractivity contribution < 1.29 is 5.11 Å². The van der Waals surface area contributed by atoms with Crippen LogP contribution in [0.4, 0.5) is 5.82 Å². The minimum absolute atomic E-state index is 0.492. The van der Waals surface area contributed by atoms with Crippen molar-refractivity contribution in [3.63, 3.8) is 0 Å². The van der Waals surface area contributed by atoms with E-state index in [0.717, 1.165) is 49.2 Å². The maximum Gasteiger partial charge on any atom is 0.156 e. The Morgan fingerprint density at radius 2 is 2.05 bits per heavy atom. The van der Waals surface area contributed by atoms with Gasteiger partial charge in [0, 0.05) is 26.3 Å². The van der Waals surface area contributed by atoms with Crippen LogP contribution in [0, 0.1) is 0 Å². The summed E-state index contributed by atoms with van der Waals surface area (Å²) in [5.41, 5.74) is 1.56. The minimum atomic E-state index is -0.492. The van der Waals surface area contributed by atoms with Gasteiger partial charge >= 0.3 is 0 Å². The molecule has 0 unspecified atom stereocenters. The molecule has 102 valence electrons. The standard InChI is InChI=1S/C14H20N4O/c1-3-14(19)5-8-18(9-6-14)13-12-11(4-7-15-13)17(2)10-16-12/h4,7,10,19H,3,5-6,8-9H2,1-2H3. The normalized spacial score (nSPS) is 19.0. The highest BCUT2D eigenvalue weighted by molar-refractivity contribution is 5.86. The lowest BCUT2D eigenvalue weighted by Crippen LogP contribution is -2.44. The Kier molecular flexibility index (Phi) is 2.93. The molecule has 0 atom stereocenters. The summed E-state index contributed by atoms with van der Waals surface area (Å²) in [6.07, 6.45) is 6.08. The molecular weight excluding hydrogens is 240 g/mol. The van der Waals surface area contributed by atoms with Gasteiger partial charge in [0.15, 0.2) is 5.82 Å². The molecule has 2 aromatic rings. The third-order valence-electron chi connectivity index (χ3n) is 4.28. The van der Waals surface area contributed by atoms with E-state index >= 15 is 0 Å². The predicted molar refractivity (Wildman–Crippen MR) is 75.2 cm³/mol. The average molecular weight is 260 g/mol. The summed E-state index contributed by atoms with van der Waals surface area (Å²) < 4.78 is 2.01. The molecule has 5 nitrogen and oxygen atoms in total. The van der Waals surface area contributed by atoms with Crippen LogP contribution >= 0.6 is 0 Å². The number of piperidine rings is 1. The molecule has 1 N–H and O–H groups in total. The van der Waals surface area contributed by atoms with Gasteiger partial charge in [0.05, 0.1) is 17.4 Å². The Balaban J connectivity index is 1.90. The van der Waals surface area contributed by atoms with E-state index in [9.17, 15) is 5.11 Å². The second-order valence-corrected chi connectivity index (χ2v) is 5.42. The highest BCUT2D eigenvalue weighted by atomic mass is 16.3. The van der Waals surface area contributed by atoms with Crippen LogP contribution in [0.25, 0.3) is 11.0 Å². The van der Waals surface area contributed by atoms with Gasteiger partial charge in [0.1, 0.15) is 5.52 Å². The largest absolute Gasteiger partial charge is 0.390 e. The summed E-state index contributed by atoms with van der Waals surface area (Å²) in [5.74, 6) is 0.941. The minimum Gasteiger partial charge on any atom is -0.390 e. The van der Waals surface area contributed by atoms with E-state index < -0.39 is 5.60 Å². The fourth-order valence-corrected chi connectivity index (χ4v) is 2.77. The molecule has 1 saturated heterocycles. The number of nitrogens with zero attached hydrogens (tertiary/aromatic N) is 4. The van der Waals surface area contributed by atoms with Crippen LogP contribution in [0.5, 0.6) is 0 Å². The number of aromatic nitrogens is 3. The molecule has 3 heterocycles. The first kappa shape index (κ1) is 12.4. The van der Waals surface area contributed by atoms with Gasteiger partial charge in [-0.05, 0) is 25.3 Å². The molecule has 0 bridgehead atoms. The fraction of sp³-hybridized carbons (Fsp3) is 0.571. The highest BCUT2D eigenvalue weighted by Crippen LogP contribution is 2.30. The summed E-state index contributed by atoms with van der Waals surface area (Å²) in [4.78, 5) is 11.2. The van der Waals surface area contributed by atoms with E-state index in [1.165, 1.54) is 0 Å². The van der Waals surface area contributed by atoms with E-state index in [2.05, 4.69) is 14.9 Å². The topological polar surface area (TPSA) is 54.2 Å². The van der Waals surface area contributed by atoms with Crippen LogP contribution in [-0.2, 0) is 7.05 Å². The van der Waals surface area contributed by atoms with Crippen LogP contribution in [0.2, 0.25) is 0 Å². The molecule has 0 aromatic carbocycles. The summed E-state index contributed by atoms with van der Waals surface area (Å²) in [5, 5.41) is 10.3. The zero-order valence-electron chi connectivity index (χ0n) is 11.5. The number of aryl methyl sites for hydroxylation is 1. The lowest BCUT2D eigenvalue weighted by Gasteiger charge is -2.38. The van der Waals surface area contributed by atoms with Crippen LogP contribution in [0.1, 0.15) is 26.2 Å². The Labute approximate surface area is 112 Å². The molecule has 0 radical (unpaired) electrons. The molecule has 3 rings (SSSR count). The molecule has 1 fully saturated rings. The molecule has 0 spiro atoms. The summed E-state index contributed by atoms with van der Waals surface area (Å²) >= 11 is 0. The zero-order valence-corrected chi connectivity index (χ0v) is 11.5. The van der Waals surface area contributed by atoms with Crippen molar-refractivity contribution in [3.05, 3.63) is 18.6 Å². The Hall–Kier alpha value is -1.62. The SMILES string of the molecule is CCC1(O)CCN(c2nccc3c2ncn3C)CC1. The quantitative estimate of drug-likeness (QED) is 0.893. The van der Waals surface area contributed by atoms with Crippen molar-refractivity contribution in [2.45, 2.75) is 31.8 Å². The molecule has 19 heavy (non-hydrogen) atoms. The fourth-order valence-electron chi connectivity index (χ4n) is 2.77. The third-order valence-corrected chi connectivity index (χ3v) is 4.28. The molecule has 1 aliphatic rings. The maximum absolute atomic E-state index is 10.3. The van der Waals surface area contributed by atoms with E-state index in [4.69, 9.17) is 0 Å². The van der Waals surface area contributed by atoms with Gasteiger partial charge in [0.2, 0.25) is 0 Å². The van der Waals surface area contributed by atoms with Crippen molar-refractivity contribution in [2.75, 3.05) is 18.0 Å². The van der Waals surface area contributed by atoms with E-state index in [1.54, 1.807) is 0 Å². The molecule has 1 aliphatic heterocycles. The molecule has 0 saturated carbocycles. The lowest BCUT2D eigenvalue weighted by molar-refractivity contribution is 0.0125. The smallest absolute Gasteiger partial charge is 0.156 e. The number of pyridine rings is 1. The first-order chi connectivity index (χ1) is 9.13. The number of fused-ring (bicyclic) bond motifs is 1. The van der Waals surface area contributed by atoms with Gasteiger partial charge in [-0.1, -0.05) is 6.92 Å². The number of anilines is 1. The first-order valence-electron chi connectivity index (χ1n) is 6.86. The maximum atomic E-state index is 10.3. The molecule has 0 aliphatic carbocycles. The van der Waals surface area contributed by atoms with Crippen molar-refractivity contribution >= 4 is 16.9 Å². The number of imidazole rings is 1. The van der Waals surface area contributed by atoms with Crippen LogP contribution in [0.15, 0.2) is 18.6 Å². The van der Waals surface area contributed by atoms with Gasteiger partial charge in [-0.15, -0.1) is 0 Å².